The van der Waals surface area contributed by atoms with Crippen molar-refractivity contribution in [3.8, 4) is 0 Å². The van der Waals surface area contributed by atoms with E-state index in [0.717, 1.165) is 5.69 Å². The maximum absolute atomic E-state index is 12.7. The molecule has 0 spiro atoms. The number of anilines is 1. The molecule has 1 aliphatic rings. The van der Waals surface area contributed by atoms with Crippen molar-refractivity contribution in [2.45, 2.75) is 18.9 Å². The van der Waals surface area contributed by atoms with E-state index in [0.29, 0.717) is 31.7 Å². The molecule has 170 valence electrons. The van der Waals surface area contributed by atoms with Gasteiger partial charge in [0.15, 0.2) is 0 Å². The molecule has 2 amide bonds. The molecule has 1 atom stereocenters. The predicted octanol–water partition coefficient (Wildman–Crippen LogP) is 3.15. The zero-order valence-electron chi connectivity index (χ0n) is 18.3. The van der Waals surface area contributed by atoms with Crippen molar-refractivity contribution in [1.29, 1.82) is 0 Å². The van der Waals surface area contributed by atoms with E-state index in [-0.39, 0.29) is 18.7 Å². The largest absolute Gasteiger partial charge is 0.480 e. The van der Waals surface area contributed by atoms with Crippen LogP contribution >= 0.6 is 0 Å². The van der Waals surface area contributed by atoms with Crippen LogP contribution in [0.4, 0.5) is 5.69 Å². The van der Waals surface area contributed by atoms with Gasteiger partial charge in [-0.15, -0.1) is 0 Å². The van der Waals surface area contributed by atoms with Crippen LogP contribution in [0.2, 0.25) is 0 Å². The van der Waals surface area contributed by atoms with Gasteiger partial charge in [-0.2, -0.15) is 0 Å². The summed E-state index contributed by atoms with van der Waals surface area (Å²) in [6.45, 7) is 2.59. The van der Waals surface area contributed by atoms with Crippen LogP contribution in [0, 0.1) is 0 Å². The molecule has 4 rings (SSSR count). The van der Waals surface area contributed by atoms with Gasteiger partial charge >= 0.3 is 5.97 Å². The molecule has 0 bridgehead atoms. The average molecular weight is 446 g/mol. The van der Waals surface area contributed by atoms with Crippen molar-refractivity contribution < 1.29 is 19.5 Å². The highest BCUT2D eigenvalue weighted by atomic mass is 16.4. The van der Waals surface area contributed by atoms with Crippen molar-refractivity contribution in [2.75, 3.05) is 31.1 Å². The molecule has 1 fully saturated rings. The number of carbonyl (C=O) groups is 3. The highest BCUT2D eigenvalue weighted by molar-refractivity contribution is 5.96. The van der Waals surface area contributed by atoms with Crippen LogP contribution in [0.3, 0.4) is 0 Å². The van der Waals surface area contributed by atoms with Gasteiger partial charge in [0.1, 0.15) is 6.04 Å². The molecular weight excluding hydrogens is 418 g/mol. The monoisotopic (exact) mass is 445 g/mol. The molecule has 33 heavy (non-hydrogen) atoms. The second-order valence-corrected chi connectivity index (χ2v) is 8.14. The number of hydrogen-bond acceptors (Lipinski definition) is 4. The van der Waals surface area contributed by atoms with E-state index < -0.39 is 17.9 Å². The van der Waals surface area contributed by atoms with Crippen molar-refractivity contribution in [3.05, 3.63) is 78.4 Å². The molecule has 7 heteroatoms. The summed E-state index contributed by atoms with van der Waals surface area (Å²) < 4.78 is 0. The summed E-state index contributed by atoms with van der Waals surface area (Å²) in [6.07, 6.45) is 0.122. The zero-order valence-corrected chi connectivity index (χ0v) is 18.3. The molecule has 1 heterocycles. The van der Waals surface area contributed by atoms with Crippen LogP contribution in [-0.2, 0) is 9.59 Å². The minimum absolute atomic E-state index is 0.0519. The lowest BCUT2D eigenvalue weighted by molar-refractivity contribution is -0.139. The Morgan fingerprint density at radius 2 is 1.52 bits per heavy atom. The maximum atomic E-state index is 12.7. The van der Waals surface area contributed by atoms with E-state index in [2.05, 4.69) is 34.5 Å². The summed E-state index contributed by atoms with van der Waals surface area (Å²) >= 11 is 0. The number of carbonyl (C=O) groups excluding carboxylic acids is 2. The van der Waals surface area contributed by atoms with Crippen LogP contribution in [0.25, 0.3) is 10.8 Å². The molecular formula is C26H27N3O4. The Morgan fingerprint density at radius 3 is 2.24 bits per heavy atom. The van der Waals surface area contributed by atoms with Gasteiger partial charge in [-0.1, -0.05) is 54.6 Å². The van der Waals surface area contributed by atoms with Gasteiger partial charge in [0.05, 0.1) is 0 Å². The number of piperazine rings is 1. The number of hydrogen-bond donors (Lipinski definition) is 2. The van der Waals surface area contributed by atoms with Gasteiger partial charge in [-0.25, -0.2) is 4.79 Å². The number of nitrogens with one attached hydrogen (secondary N) is 1. The van der Waals surface area contributed by atoms with E-state index in [1.165, 1.54) is 10.8 Å². The summed E-state index contributed by atoms with van der Waals surface area (Å²) in [4.78, 5) is 40.7. The highest BCUT2D eigenvalue weighted by Gasteiger charge is 2.25. The summed E-state index contributed by atoms with van der Waals surface area (Å²) in [6, 6.07) is 21.8. The highest BCUT2D eigenvalue weighted by Crippen LogP contribution is 2.27. The number of benzene rings is 3. The summed E-state index contributed by atoms with van der Waals surface area (Å²) in [5.74, 6) is -1.69. The second kappa shape index (κ2) is 10.2. The van der Waals surface area contributed by atoms with Gasteiger partial charge in [0.2, 0.25) is 5.91 Å². The van der Waals surface area contributed by atoms with E-state index in [9.17, 15) is 19.5 Å². The molecule has 0 saturated carbocycles. The van der Waals surface area contributed by atoms with E-state index in [4.69, 9.17) is 0 Å². The standard InChI is InChI=1S/C26H27N3O4/c30-24(14-13-22(26(32)33)27-25(31)20-8-2-1-3-9-20)29-17-15-28(16-18-29)23-12-6-10-19-7-4-5-11-21(19)23/h1-12,22H,13-18H2,(H,27,31)(H,32,33)/t22-/m0/s1. The lowest BCUT2D eigenvalue weighted by Gasteiger charge is -2.36. The number of carboxylic acids is 1. The first-order chi connectivity index (χ1) is 16.0. The van der Waals surface area contributed by atoms with Crippen LogP contribution in [0.5, 0.6) is 0 Å². The summed E-state index contributed by atoms with van der Waals surface area (Å²) in [5, 5.41) is 14.4. The fourth-order valence-electron chi connectivity index (χ4n) is 4.20. The third-order valence-electron chi connectivity index (χ3n) is 6.03. The Balaban J connectivity index is 1.31. The average Bonchev–Trinajstić information content (AvgIpc) is 2.86. The summed E-state index contributed by atoms with van der Waals surface area (Å²) in [5.41, 5.74) is 1.55. The van der Waals surface area contributed by atoms with Crippen molar-refractivity contribution >= 4 is 34.2 Å². The summed E-state index contributed by atoms with van der Waals surface area (Å²) in [7, 11) is 0. The smallest absolute Gasteiger partial charge is 0.326 e. The van der Waals surface area contributed by atoms with Gasteiger partial charge < -0.3 is 20.2 Å². The minimum Gasteiger partial charge on any atom is -0.480 e. The Labute approximate surface area is 192 Å². The zero-order chi connectivity index (χ0) is 23.2. The first-order valence-electron chi connectivity index (χ1n) is 11.1. The number of amides is 2. The first-order valence-corrected chi connectivity index (χ1v) is 11.1. The SMILES string of the molecule is O=C(N[C@@H](CCC(=O)N1CCN(c2cccc3ccccc23)CC1)C(=O)O)c1ccccc1. The Kier molecular flexibility index (Phi) is 6.88. The Bertz CT molecular complexity index is 1140. The third-order valence-corrected chi connectivity index (χ3v) is 6.03. The Morgan fingerprint density at radius 1 is 0.848 bits per heavy atom. The fraction of sp³-hybridized carbons (Fsp3) is 0.269. The molecule has 0 radical (unpaired) electrons. The number of fused-ring (bicyclic) bond motifs is 1. The molecule has 0 aliphatic carbocycles. The van der Waals surface area contributed by atoms with Gasteiger partial charge in [-0.05, 0) is 30.0 Å². The van der Waals surface area contributed by atoms with Crippen LogP contribution < -0.4 is 10.2 Å². The van der Waals surface area contributed by atoms with E-state index in [1.807, 2.05) is 18.2 Å². The minimum atomic E-state index is -1.15. The predicted molar refractivity (Wildman–Crippen MR) is 127 cm³/mol. The quantitative estimate of drug-likeness (QED) is 0.583. The lowest BCUT2D eigenvalue weighted by atomic mass is 10.1. The van der Waals surface area contributed by atoms with Gasteiger partial charge in [0.25, 0.3) is 5.91 Å². The van der Waals surface area contributed by atoms with Crippen molar-refractivity contribution in [2.24, 2.45) is 0 Å². The van der Waals surface area contributed by atoms with Gasteiger partial charge in [0, 0.05) is 49.2 Å². The molecule has 3 aromatic carbocycles. The van der Waals surface area contributed by atoms with Crippen LogP contribution in [-0.4, -0.2) is 60.0 Å². The van der Waals surface area contributed by atoms with Gasteiger partial charge in [-0.3, -0.25) is 9.59 Å². The van der Waals surface area contributed by atoms with Crippen LogP contribution in [0.15, 0.2) is 72.8 Å². The number of nitrogens with zero attached hydrogens (tertiary/aromatic N) is 2. The molecule has 2 N–H and O–H groups in total. The molecule has 1 saturated heterocycles. The first kappa shape index (κ1) is 22.3. The fourth-order valence-corrected chi connectivity index (χ4v) is 4.20. The molecule has 0 aromatic heterocycles. The molecule has 7 nitrogen and oxygen atoms in total. The third kappa shape index (κ3) is 5.31. The van der Waals surface area contributed by atoms with Crippen molar-refractivity contribution in [1.82, 2.24) is 10.2 Å². The molecule has 0 unspecified atom stereocenters. The number of carboxylic acid groups (broad SMARTS) is 1. The Hall–Kier alpha value is -3.87. The van der Waals surface area contributed by atoms with E-state index in [1.54, 1.807) is 35.2 Å². The van der Waals surface area contributed by atoms with Crippen molar-refractivity contribution in [3.63, 3.8) is 0 Å². The van der Waals surface area contributed by atoms with E-state index >= 15 is 0 Å². The normalized spacial score (nSPS) is 14.7. The second-order valence-electron chi connectivity index (χ2n) is 8.14. The maximum Gasteiger partial charge on any atom is 0.326 e. The molecule has 3 aromatic rings. The number of rotatable bonds is 7. The topological polar surface area (TPSA) is 90.0 Å². The molecule has 1 aliphatic heterocycles. The number of aliphatic carboxylic acids is 1. The van der Waals surface area contributed by atoms with Crippen LogP contribution in [0.1, 0.15) is 23.2 Å². The lowest BCUT2D eigenvalue weighted by Crippen LogP contribution is -2.49.